The van der Waals surface area contributed by atoms with Gasteiger partial charge in [0.25, 0.3) is 0 Å². The second-order valence-electron chi connectivity index (χ2n) is 6.69. The first-order valence-electron chi connectivity index (χ1n) is 8.79. The average Bonchev–Trinajstić information content (AvgIpc) is 3.16. The third-order valence-corrected chi connectivity index (χ3v) is 4.77. The highest BCUT2D eigenvalue weighted by Gasteiger charge is 2.09. The van der Waals surface area contributed by atoms with E-state index in [4.69, 9.17) is 4.98 Å². The fraction of sp³-hybridized carbons (Fsp3) is 0.182. The van der Waals surface area contributed by atoms with Crippen molar-refractivity contribution in [2.45, 2.75) is 27.7 Å². The second-order valence-corrected chi connectivity index (χ2v) is 6.69. The zero-order valence-corrected chi connectivity index (χ0v) is 15.6. The largest absolute Gasteiger partial charge is 0.317 e. The van der Waals surface area contributed by atoms with Gasteiger partial charge in [-0.2, -0.15) is 0 Å². The van der Waals surface area contributed by atoms with Gasteiger partial charge in [-0.05, 0) is 76.2 Å². The lowest BCUT2D eigenvalue weighted by Gasteiger charge is -2.11. The van der Waals surface area contributed by atoms with Crippen molar-refractivity contribution in [3.05, 3.63) is 83.6 Å². The molecule has 130 valence electrons. The molecule has 4 rings (SSSR count). The van der Waals surface area contributed by atoms with E-state index in [1.165, 1.54) is 22.8 Å². The van der Waals surface area contributed by atoms with Gasteiger partial charge in [0, 0.05) is 22.8 Å². The van der Waals surface area contributed by atoms with E-state index < -0.39 is 0 Å². The predicted molar refractivity (Wildman–Crippen MR) is 105 cm³/mol. The van der Waals surface area contributed by atoms with E-state index in [-0.39, 0.29) is 0 Å². The number of aryl methyl sites for hydroxylation is 4. The Kier molecular flexibility index (Phi) is 3.96. The Morgan fingerprint density at radius 2 is 1.23 bits per heavy atom. The van der Waals surface area contributed by atoms with E-state index in [9.17, 15) is 0 Å². The van der Waals surface area contributed by atoms with Gasteiger partial charge in [0.15, 0.2) is 0 Å². The topological polar surface area (TPSA) is 35.6 Å². The SMILES string of the molecule is Cc1ccc(C)n1-c1ccc(-c2cccc(-n3c(C)ccc3C)n2)nc1. The van der Waals surface area contributed by atoms with Gasteiger partial charge in [-0.15, -0.1) is 0 Å². The molecule has 0 atom stereocenters. The van der Waals surface area contributed by atoms with E-state index >= 15 is 0 Å². The Hall–Kier alpha value is -3.14. The zero-order valence-electron chi connectivity index (χ0n) is 15.6. The number of hydrogen-bond donors (Lipinski definition) is 0. The monoisotopic (exact) mass is 342 g/mol. The van der Waals surface area contributed by atoms with Gasteiger partial charge in [-0.1, -0.05) is 6.07 Å². The number of pyridine rings is 2. The van der Waals surface area contributed by atoms with Crippen LogP contribution in [0.25, 0.3) is 22.9 Å². The predicted octanol–water partition coefficient (Wildman–Crippen LogP) is 4.96. The van der Waals surface area contributed by atoms with E-state index in [1.807, 2.05) is 30.5 Å². The molecule has 0 radical (unpaired) electrons. The lowest BCUT2D eigenvalue weighted by molar-refractivity contribution is 0.922. The Balaban J connectivity index is 1.72. The molecule has 4 aromatic heterocycles. The van der Waals surface area contributed by atoms with Crippen LogP contribution >= 0.6 is 0 Å². The smallest absolute Gasteiger partial charge is 0.137 e. The average molecular weight is 342 g/mol. The van der Waals surface area contributed by atoms with Gasteiger partial charge in [-0.3, -0.25) is 4.98 Å². The van der Waals surface area contributed by atoms with Crippen LogP contribution in [0.1, 0.15) is 22.8 Å². The maximum atomic E-state index is 4.83. The van der Waals surface area contributed by atoms with Gasteiger partial charge < -0.3 is 9.13 Å². The van der Waals surface area contributed by atoms with E-state index in [1.54, 1.807) is 0 Å². The van der Waals surface area contributed by atoms with Crippen molar-refractivity contribution in [1.82, 2.24) is 19.1 Å². The van der Waals surface area contributed by atoms with Gasteiger partial charge in [0.05, 0.1) is 23.3 Å². The summed E-state index contributed by atoms with van der Waals surface area (Å²) in [6.07, 6.45) is 1.91. The molecule has 0 saturated carbocycles. The minimum absolute atomic E-state index is 0.875. The van der Waals surface area contributed by atoms with Crippen LogP contribution in [-0.4, -0.2) is 19.1 Å². The van der Waals surface area contributed by atoms with Crippen molar-refractivity contribution in [1.29, 1.82) is 0 Å². The molecule has 0 aliphatic heterocycles. The lowest BCUT2D eigenvalue weighted by atomic mass is 10.2. The maximum Gasteiger partial charge on any atom is 0.137 e. The van der Waals surface area contributed by atoms with Crippen LogP contribution < -0.4 is 0 Å². The van der Waals surface area contributed by atoms with Crippen molar-refractivity contribution in [3.8, 4) is 22.9 Å². The molecule has 0 N–H and O–H groups in total. The number of rotatable bonds is 3. The molecular weight excluding hydrogens is 320 g/mol. The molecule has 0 unspecified atom stereocenters. The summed E-state index contributed by atoms with van der Waals surface area (Å²) in [5, 5.41) is 0. The minimum Gasteiger partial charge on any atom is -0.317 e. The van der Waals surface area contributed by atoms with E-state index in [0.29, 0.717) is 0 Å². The van der Waals surface area contributed by atoms with Crippen LogP contribution in [0.4, 0.5) is 0 Å². The maximum absolute atomic E-state index is 4.83. The molecular formula is C22H22N4. The van der Waals surface area contributed by atoms with Crippen LogP contribution in [0.2, 0.25) is 0 Å². The summed E-state index contributed by atoms with van der Waals surface area (Å²) in [6.45, 7) is 8.40. The normalized spacial score (nSPS) is 11.1. The minimum atomic E-state index is 0.875. The second kappa shape index (κ2) is 6.30. The van der Waals surface area contributed by atoms with Crippen LogP contribution in [0.15, 0.2) is 60.8 Å². The summed E-state index contributed by atoms with van der Waals surface area (Å²) in [4.78, 5) is 9.49. The highest BCUT2D eigenvalue weighted by atomic mass is 15.1. The molecule has 4 heterocycles. The molecule has 4 heteroatoms. The number of hydrogen-bond acceptors (Lipinski definition) is 2. The van der Waals surface area contributed by atoms with Crippen molar-refractivity contribution in [3.63, 3.8) is 0 Å². The van der Waals surface area contributed by atoms with Crippen LogP contribution in [0.3, 0.4) is 0 Å². The zero-order chi connectivity index (χ0) is 18.3. The molecule has 0 saturated heterocycles. The van der Waals surface area contributed by atoms with Gasteiger partial charge in [0.2, 0.25) is 0 Å². The molecule has 0 fully saturated rings. The van der Waals surface area contributed by atoms with E-state index in [0.717, 1.165) is 22.9 Å². The third kappa shape index (κ3) is 2.73. The summed E-state index contributed by atoms with van der Waals surface area (Å²) in [6, 6.07) is 18.7. The van der Waals surface area contributed by atoms with Crippen molar-refractivity contribution in [2.24, 2.45) is 0 Å². The fourth-order valence-electron chi connectivity index (χ4n) is 3.47. The first-order chi connectivity index (χ1) is 12.5. The van der Waals surface area contributed by atoms with Crippen molar-refractivity contribution in [2.75, 3.05) is 0 Å². The van der Waals surface area contributed by atoms with Crippen LogP contribution in [0.5, 0.6) is 0 Å². The molecule has 0 spiro atoms. The number of aromatic nitrogens is 4. The molecule has 0 bridgehead atoms. The molecule has 26 heavy (non-hydrogen) atoms. The molecule has 0 aliphatic rings. The van der Waals surface area contributed by atoms with Gasteiger partial charge in [-0.25, -0.2) is 4.98 Å². The van der Waals surface area contributed by atoms with Crippen molar-refractivity contribution >= 4 is 0 Å². The highest BCUT2D eigenvalue weighted by molar-refractivity contribution is 5.57. The summed E-state index contributed by atoms with van der Waals surface area (Å²) in [7, 11) is 0. The molecule has 4 aromatic rings. The van der Waals surface area contributed by atoms with Crippen LogP contribution in [-0.2, 0) is 0 Å². The van der Waals surface area contributed by atoms with Gasteiger partial charge >= 0.3 is 0 Å². The summed E-state index contributed by atoms with van der Waals surface area (Å²) in [5.74, 6) is 0.922. The number of nitrogens with zero attached hydrogens (tertiary/aromatic N) is 4. The lowest BCUT2D eigenvalue weighted by Crippen LogP contribution is -2.03. The Bertz CT molecular complexity index is 1030. The third-order valence-electron chi connectivity index (χ3n) is 4.77. The Morgan fingerprint density at radius 1 is 0.615 bits per heavy atom. The Morgan fingerprint density at radius 3 is 1.81 bits per heavy atom. The molecule has 0 aromatic carbocycles. The quantitative estimate of drug-likeness (QED) is 0.527. The molecule has 0 amide bonds. The first-order valence-corrected chi connectivity index (χ1v) is 8.79. The first kappa shape index (κ1) is 16.3. The summed E-state index contributed by atoms with van der Waals surface area (Å²) in [5.41, 5.74) is 7.58. The summed E-state index contributed by atoms with van der Waals surface area (Å²) >= 11 is 0. The Labute approximate surface area is 153 Å². The van der Waals surface area contributed by atoms with E-state index in [2.05, 4.69) is 72.1 Å². The summed E-state index contributed by atoms with van der Waals surface area (Å²) < 4.78 is 4.36. The highest BCUT2D eigenvalue weighted by Crippen LogP contribution is 2.21. The van der Waals surface area contributed by atoms with Gasteiger partial charge in [0.1, 0.15) is 5.82 Å². The molecule has 0 aliphatic carbocycles. The van der Waals surface area contributed by atoms with Crippen LogP contribution in [0, 0.1) is 27.7 Å². The van der Waals surface area contributed by atoms with Crippen molar-refractivity contribution < 1.29 is 0 Å². The standard InChI is InChI=1S/C22H22N4/c1-15-8-9-16(2)25(15)19-12-13-20(23-14-19)21-6-5-7-22(24-21)26-17(3)10-11-18(26)4/h5-14H,1-4H3. The molecule has 4 nitrogen and oxygen atoms in total. The fourth-order valence-corrected chi connectivity index (χ4v) is 3.47.